The predicted octanol–water partition coefficient (Wildman–Crippen LogP) is 2.56. The average Bonchev–Trinajstić information content (AvgIpc) is 3.07. The molecule has 1 aromatic heterocycles. The van der Waals surface area contributed by atoms with Gasteiger partial charge in [-0.05, 0) is 36.5 Å². The van der Waals surface area contributed by atoms with Gasteiger partial charge in [0.25, 0.3) is 11.9 Å². The molecule has 0 bridgehead atoms. The minimum absolute atomic E-state index is 0.0992. The smallest absolute Gasteiger partial charge is 0.304 e. The van der Waals surface area contributed by atoms with Crippen LogP contribution in [0.2, 0.25) is 0 Å². The number of nitrogens with one attached hydrogen (secondary N) is 2. The Balaban J connectivity index is 1.65. The van der Waals surface area contributed by atoms with Gasteiger partial charge in [-0.2, -0.15) is 17.7 Å². The van der Waals surface area contributed by atoms with Crippen LogP contribution in [0.15, 0.2) is 28.9 Å². The van der Waals surface area contributed by atoms with Crippen molar-refractivity contribution >= 4 is 27.8 Å². The van der Waals surface area contributed by atoms with Crippen LogP contribution in [0.25, 0.3) is 0 Å². The Morgan fingerprint density at radius 2 is 2.12 bits per heavy atom. The van der Waals surface area contributed by atoms with Crippen LogP contribution in [0.5, 0.6) is 0 Å². The summed E-state index contributed by atoms with van der Waals surface area (Å²) in [6, 6.07) is 6.13. The second-order valence-corrected chi connectivity index (χ2v) is 9.63. The first kappa shape index (κ1) is 24.2. The molecule has 10 nitrogen and oxygen atoms in total. The van der Waals surface area contributed by atoms with E-state index in [1.165, 1.54) is 4.31 Å². The third-order valence-electron chi connectivity index (χ3n) is 5.22. The van der Waals surface area contributed by atoms with Crippen LogP contribution in [0, 0.1) is 6.92 Å². The molecule has 1 fully saturated rings. The summed E-state index contributed by atoms with van der Waals surface area (Å²) in [5.41, 5.74) is 2.78. The van der Waals surface area contributed by atoms with Gasteiger partial charge in [0.2, 0.25) is 0 Å². The SMILES string of the molecule is COCC1CCN(S(=O)(=O)NC(=O)c2coc(Nc3cc(C(C)C)ccc3C)n2)CCO1. The number of oxazole rings is 1. The van der Waals surface area contributed by atoms with E-state index in [-0.39, 0.29) is 37.5 Å². The van der Waals surface area contributed by atoms with Gasteiger partial charge < -0.3 is 19.2 Å². The van der Waals surface area contributed by atoms with E-state index < -0.39 is 16.1 Å². The summed E-state index contributed by atoms with van der Waals surface area (Å²) >= 11 is 0. The molecule has 11 heteroatoms. The largest absolute Gasteiger partial charge is 0.431 e. The van der Waals surface area contributed by atoms with Gasteiger partial charge in [-0.25, -0.2) is 4.72 Å². The molecule has 1 unspecified atom stereocenters. The molecule has 0 saturated carbocycles. The Kier molecular flexibility index (Phi) is 7.88. The van der Waals surface area contributed by atoms with Crippen molar-refractivity contribution in [1.82, 2.24) is 14.0 Å². The highest BCUT2D eigenvalue weighted by Gasteiger charge is 2.29. The van der Waals surface area contributed by atoms with Crippen LogP contribution >= 0.6 is 0 Å². The maximum Gasteiger partial charge on any atom is 0.304 e. The average molecular weight is 467 g/mol. The van der Waals surface area contributed by atoms with Crippen molar-refractivity contribution in [1.29, 1.82) is 0 Å². The molecule has 2 aromatic rings. The molecule has 1 aromatic carbocycles. The zero-order chi connectivity index (χ0) is 23.3. The zero-order valence-electron chi connectivity index (χ0n) is 18.8. The number of amides is 1. The topological polar surface area (TPSA) is 123 Å². The fourth-order valence-corrected chi connectivity index (χ4v) is 4.41. The normalized spacial score (nSPS) is 17.8. The lowest BCUT2D eigenvalue weighted by Gasteiger charge is -2.19. The van der Waals surface area contributed by atoms with Crippen LogP contribution in [-0.4, -0.2) is 63.1 Å². The van der Waals surface area contributed by atoms with Crippen molar-refractivity contribution in [3.8, 4) is 0 Å². The summed E-state index contributed by atoms with van der Waals surface area (Å²) in [5, 5.41) is 3.05. The molecular formula is C21H30N4O6S. The number of anilines is 2. The lowest BCUT2D eigenvalue weighted by atomic mass is 10.0. The monoisotopic (exact) mass is 466 g/mol. The number of ether oxygens (including phenoxy) is 2. The Morgan fingerprint density at radius 3 is 2.84 bits per heavy atom. The molecule has 1 saturated heterocycles. The summed E-state index contributed by atoms with van der Waals surface area (Å²) < 4.78 is 44.5. The van der Waals surface area contributed by atoms with Gasteiger partial charge in [0.1, 0.15) is 6.26 Å². The quantitative estimate of drug-likeness (QED) is 0.609. The minimum atomic E-state index is -4.05. The molecule has 1 amide bonds. The second kappa shape index (κ2) is 10.4. The summed E-state index contributed by atoms with van der Waals surface area (Å²) in [6.45, 7) is 7.09. The fourth-order valence-electron chi connectivity index (χ4n) is 3.28. The molecule has 1 atom stereocenters. The zero-order valence-corrected chi connectivity index (χ0v) is 19.6. The fraction of sp³-hybridized carbons (Fsp3) is 0.524. The van der Waals surface area contributed by atoms with Gasteiger partial charge >= 0.3 is 10.2 Å². The van der Waals surface area contributed by atoms with Gasteiger partial charge in [0.05, 0.1) is 19.3 Å². The minimum Gasteiger partial charge on any atom is -0.431 e. The number of methoxy groups -OCH3 is 1. The van der Waals surface area contributed by atoms with Crippen molar-refractivity contribution in [3.05, 3.63) is 41.3 Å². The lowest BCUT2D eigenvalue weighted by Crippen LogP contribution is -2.44. The van der Waals surface area contributed by atoms with Gasteiger partial charge in [-0.15, -0.1) is 0 Å². The maximum atomic E-state index is 12.7. The first-order valence-electron chi connectivity index (χ1n) is 10.5. The van der Waals surface area contributed by atoms with E-state index >= 15 is 0 Å². The van der Waals surface area contributed by atoms with Crippen molar-refractivity contribution in [2.75, 3.05) is 38.7 Å². The standard InChI is InChI=1S/C21H30N4O6S/c1-14(2)16-6-5-15(3)18(11-16)22-21-23-19(13-31-21)20(26)24-32(27,28)25-8-7-17(12-29-4)30-10-9-25/h5-6,11,13-14,17H,7-10,12H2,1-4H3,(H,22,23)(H,24,26). The van der Waals surface area contributed by atoms with Gasteiger partial charge in [-0.1, -0.05) is 26.0 Å². The van der Waals surface area contributed by atoms with E-state index in [9.17, 15) is 13.2 Å². The van der Waals surface area contributed by atoms with E-state index in [0.29, 0.717) is 18.9 Å². The number of carbonyl (C=O) groups is 1. The molecule has 2 N–H and O–H groups in total. The van der Waals surface area contributed by atoms with E-state index in [2.05, 4.69) is 34.9 Å². The third kappa shape index (κ3) is 6.06. The number of hydrogen-bond donors (Lipinski definition) is 2. The second-order valence-electron chi connectivity index (χ2n) is 7.96. The summed E-state index contributed by atoms with van der Waals surface area (Å²) in [5.74, 6) is -0.519. The lowest BCUT2D eigenvalue weighted by molar-refractivity contribution is 0.00560. The van der Waals surface area contributed by atoms with Crippen molar-refractivity contribution in [3.63, 3.8) is 0 Å². The molecule has 3 rings (SSSR count). The molecule has 0 aliphatic carbocycles. The highest BCUT2D eigenvalue weighted by Crippen LogP contribution is 2.25. The van der Waals surface area contributed by atoms with Crippen LogP contribution < -0.4 is 10.0 Å². The van der Waals surface area contributed by atoms with Crippen LogP contribution in [-0.2, 0) is 19.7 Å². The van der Waals surface area contributed by atoms with Crippen molar-refractivity contribution in [2.45, 2.75) is 39.2 Å². The molecular weight excluding hydrogens is 436 g/mol. The Morgan fingerprint density at radius 1 is 1.34 bits per heavy atom. The van der Waals surface area contributed by atoms with Crippen LogP contribution in [0.4, 0.5) is 11.7 Å². The number of aromatic nitrogens is 1. The molecule has 0 spiro atoms. The Bertz CT molecular complexity index is 1040. The number of hydrogen-bond acceptors (Lipinski definition) is 8. The van der Waals surface area contributed by atoms with Gasteiger partial charge in [0.15, 0.2) is 5.69 Å². The third-order valence-corrected chi connectivity index (χ3v) is 6.70. The van der Waals surface area contributed by atoms with Crippen LogP contribution in [0.3, 0.4) is 0 Å². The predicted molar refractivity (Wildman–Crippen MR) is 119 cm³/mol. The first-order chi connectivity index (χ1) is 15.2. The number of aryl methyl sites for hydroxylation is 1. The summed E-state index contributed by atoms with van der Waals surface area (Å²) in [7, 11) is -2.49. The van der Waals surface area contributed by atoms with Gasteiger partial charge in [-0.3, -0.25) is 4.79 Å². The highest BCUT2D eigenvalue weighted by atomic mass is 32.2. The summed E-state index contributed by atoms with van der Waals surface area (Å²) in [4.78, 5) is 16.6. The van der Waals surface area contributed by atoms with Crippen LogP contribution in [0.1, 0.15) is 47.8 Å². The van der Waals surface area contributed by atoms with E-state index in [4.69, 9.17) is 13.9 Å². The first-order valence-corrected chi connectivity index (χ1v) is 11.9. The van der Waals surface area contributed by atoms with Gasteiger partial charge in [0, 0.05) is 25.9 Å². The number of rotatable bonds is 8. The highest BCUT2D eigenvalue weighted by molar-refractivity contribution is 7.87. The van der Waals surface area contributed by atoms with Crippen molar-refractivity contribution in [2.24, 2.45) is 0 Å². The van der Waals surface area contributed by atoms with Crippen molar-refractivity contribution < 1.29 is 27.1 Å². The summed E-state index contributed by atoms with van der Waals surface area (Å²) in [6.07, 6.45) is 1.41. The van der Waals surface area contributed by atoms with E-state index in [1.807, 2.05) is 19.1 Å². The molecule has 1 aliphatic rings. The Hall–Kier alpha value is -2.47. The molecule has 176 valence electrons. The van der Waals surface area contributed by atoms with E-state index in [1.54, 1.807) is 7.11 Å². The molecule has 1 aliphatic heterocycles. The Labute approximate surface area is 188 Å². The maximum absolute atomic E-state index is 12.7. The number of nitrogens with zero attached hydrogens (tertiary/aromatic N) is 2. The van der Waals surface area contributed by atoms with E-state index in [0.717, 1.165) is 23.1 Å². The molecule has 2 heterocycles. The molecule has 32 heavy (non-hydrogen) atoms. The number of benzene rings is 1. The molecule has 0 radical (unpaired) electrons. The number of carbonyl (C=O) groups excluding carboxylic acids is 1.